The molecule has 110 valence electrons. The third-order valence-corrected chi connectivity index (χ3v) is 3.26. The molecule has 0 bridgehead atoms. The number of esters is 1. The van der Waals surface area contributed by atoms with Crippen LogP contribution >= 0.6 is 0 Å². The molecule has 1 aromatic carbocycles. The van der Waals surface area contributed by atoms with Crippen LogP contribution in [0.5, 0.6) is 5.75 Å². The highest BCUT2D eigenvalue weighted by Gasteiger charge is 2.29. The number of methoxy groups -OCH3 is 1. The van der Waals surface area contributed by atoms with Crippen molar-refractivity contribution in [3.05, 3.63) is 29.8 Å². The summed E-state index contributed by atoms with van der Waals surface area (Å²) in [6.45, 7) is 0.298. The summed E-state index contributed by atoms with van der Waals surface area (Å²) in [5.41, 5.74) is 0.935. The monoisotopic (exact) mass is 279 g/mol. The smallest absolute Gasteiger partial charge is 0.326 e. The second-order valence-electron chi connectivity index (χ2n) is 4.91. The van der Waals surface area contributed by atoms with E-state index >= 15 is 0 Å². The Morgan fingerprint density at radius 2 is 2.20 bits per heavy atom. The molecule has 0 saturated heterocycles. The summed E-state index contributed by atoms with van der Waals surface area (Å²) >= 11 is 0. The first-order valence-electron chi connectivity index (χ1n) is 6.90. The van der Waals surface area contributed by atoms with Gasteiger partial charge >= 0.3 is 5.97 Å². The fourth-order valence-corrected chi connectivity index (χ4v) is 2.01. The van der Waals surface area contributed by atoms with Gasteiger partial charge < -0.3 is 14.6 Å². The summed E-state index contributed by atoms with van der Waals surface area (Å²) in [5.74, 6) is 0.393. The maximum atomic E-state index is 11.7. The van der Waals surface area contributed by atoms with E-state index in [1.54, 1.807) is 0 Å². The van der Waals surface area contributed by atoms with Crippen LogP contribution in [0, 0.1) is 0 Å². The van der Waals surface area contributed by atoms with Crippen molar-refractivity contribution in [3.63, 3.8) is 0 Å². The Morgan fingerprint density at radius 1 is 1.45 bits per heavy atom. The Bertz CT molecular complexity index is 445. The maximum Gasteiger partial charge on any atom is 0.326 e. The van der Waals surface area contributed by atoms with Gasteiger partial charge in [-0.25, -0.2) is 0 Å². The number of benzene rings is 1. The Hall–Kier alpha value is -1.59. The van der Waals surface area contributed by atoms with Crippen molar-refractivity contribution >= 4 is 5.97 Å². The molecule has 1 aliphatic rings. The van der Waals surface area contributed by atoms with Gasteiger partial charge in [-0.15, -0.1) is 0 Å². The number of carbonyl (C=O) groups is 1. The number of rotatable bonds is 8. The number of hydrogen-bond acceptors (Lipinski definition) is 5. The summed E-state index contributed by atoms with van der Waals surface area (Å²) in [7, 11) is 1.38. The zero-order valence-corrected chi connectivity index (χ0v) is 11.7. The zero-order chi connectivity index (χ0) is 14.4. The lowest BCUT2D eigenvalue weighted by Gasteiger charge is -2.18. The third-order valence-electron chi connectivity index (χ3n) is 3.26. The number of aliphatic hydroxyl groups excluding tert-OH is 1. The number of aliphatic hydroxyl groups is 1. The van der Waals surface area contributed by atoms with Crippen molar-refractivity contribution in [1.82, 2.24) is 5.32 Å². The minimum atomic E-state index is -0.449. The van der Waals surface area contributed by atoms with Gasteiger partial charge in [-0.3, -0.25) is 10.1 Å². The minimum Gasteiger partial charge on any atom is -0.491 e. The molecule has 0 amide bonds. The number of hydrogen-bond donors (Lipinski definition) is 2. The van der Waals surface area contributed by atoms with E-state index in [0.29, 0.717) is 18.2 Å². The average molecular weight is 279 g/mol. The van der Waals surface area contributed by atoms with E-state index < -0.39 is 6.04 Å². The summed E-state index contributed by atoms with van der Waals surface area (Å²) in [4.78, 5) is 11.7. The molecular formula is C15H21NO4. The largest absolute Gasteiger partial charge is 0.491 e. The molecule has 1 fully saturated rings. The lowest BCUT2D eigenvalue weighted by Crippen LogP contribution is -2.43. The first-order valence-corrected chi connectivity index (χ1v) is 6.90. The Labute approximate surface area is 118 Å². The second-order valence-corrected chi connectivity index (χ2v) is 4.91. The van der Waals surface area contributed by atoms with Gasteiger partial charge in [-0.05, 0) is 30.9 Å². The highest BCUT2D eigenvalue weighted by molar-refractivity contribution is 5.76. The van der Waals surface area contributed by atoms with Gasteiger partial charge in [0.15, 0.2) is 0 Å². The Kier molecular flexibility index (Phi) is 5.38. The van der Waals surface area contributed by atoms with E-state index in [0.717, 1.165) is 18.4 Å². The molecule has 2 rings (SSSR count). The lowest BCUT2D eigenvalue weighted by atomic mass is 10.1. The third kappa shape index (κ3) is 4.21. The number of nitrogens with one attached hydrogen (secondary N) is 1. The highest BCUT2D eigenvalue weighted by Crippen LogP contribution is 2.21. The van der Waals surface area contributed by atoms with E-state index in [4.69, 9.17) is 14.6 Å². The molecule has 0 radical (unpaired) electrons. The average Bonchev–Trinajstić information content (AvgIpc) is 3.28. The van der Waals surface area contributed by atoms with Crippen LogP contribution in [0.4, 0.5) is 0 Å². The van der Waals surface area contributed by atoms with E-state index in [1.807, 2.05) is 24.3 Å². The van der Waals surface area contributed by atoms with Gasteiger partial charge in [0.1, 0.15) is 18.4 Å². The van der Waals surface area contributed by atoms with E-state index in [2.05, 4.69) is 5.32 Å². The van der Waals surface area contributed by atoms with Gasteiger partial charge in [-0.2, -0.15) is 0 Å². The Morgan fingerprint density at radius 3 is 2.85 bits per heavy atom. The molecule has 0 aromatic heterocycles. The fraction of sp³-hybridized carbons (Fsp3) is 0.533. The number of ether oxygens (including phenoxy) is 2. The van der Waals surface area contributed by atoms with Gasteiger partial charge in [0.05, 0.1) is 7.11 Å². The van der Waals surface area contributed by atoms with Crippen LogP contribution in [0.3, 0.4) is 0 Å². The second kappa shape index (κ2) is 7.26. The molecule has 1 saturated carbocycles. The van der Waals surface area contributed by atoms with Crippen LogP contribution in [0.1, 0.15) is 18.4 Å². The first-order chi connectivity index (χ1) is 9.74. The number of carbonyl (C=O) groups excluding carboxylic acids is 1. The van der Waals surface area contributed by atoms with Crippen molar-refractivity contribution < 1.29 is 19.4 Å². The van der Waals surface area contributed by atoms with Gasteiger partial charge in [0, 0.05) is 12.6 Å². The molecule has 0 heterocycles. The topological polar surface area (TPSA) is 67.8 Å². The molecule has 0 aliphatic heterocycles. The summed E-state index contributed by atoms with van der Waals surface area (Å²) in [5, 5.41) is 12.2. The molecule has 2 N–H and O–H groups in total. The Balaban J connectivity index is 1.95. The van der Waals surface area contributed by atoms with Crippen molar-refractivity contribution in [3.8, 4) is 5.75 Å². The fourth-order valence-electron chi connectivity index (χ4n) is 2.01. The van der Waals surface area contributed by atoms with Crippen molar-refractivity contribution in [2.45, 2.75) is 31.3 Å². The van der Waals surface area contributed by atoms with Crippen LogP contribution < -0.4 is 10.1 Å². The zero-order valence-electron chi connectivity index (χ0n) is 11.7. The van der Waals surface area contributed by atoms with E-state index in [-0.39, 0.29) is 19.2 Å². The summed E-state index contributed by atoms with van der Waals surface area (Å²) in [6, 6.07) is 7.48. The standard InChI is InChI=1S/C15H21NO4/c1-19-15(18)13(16-12-6-7-12)10-20-14-5-3-2-4-11(14)8-9-17/h2-5,12-13,16-17H,6-10H2,1H3. The molecule has 1 unspecified atom stereocenters. The first kappa shape index (κ1) is 14.8. The molecule has 20 heavy (non-hydrogen) atoms. The molecule has 5 nitrogen and oxygen atoms in total. The molecule has 1 atom stereocenters. The predicted molar refractivity (Wildman–Crippen MR) is 74.7 cm³/mol. The lowest BCUT2D eigenvalue weighted by molar-refractivity contribution is -0.144. The quantitative estimate of drug-likeness (QED) is 0.692. The molecular weight excluding hydrogens is 258 g/mol. The normalized spacial score (nSPS) is 15.7. The molecule has 1 aromatic rings. The minimum absolute atomic E-state index is 0.0706. The van der Waals surface area contributed by atoms with Crippen LogP contribution in [0.2, 0.25) is 0 Å². The van der Waals surface area contributed by atoms with Gasteiger partial charge in [-0.1, -0.05) is 18.2 Å². The van der Waals surface area contributed by atoms with Gasteiger partial charge in [0.2, 0.25) is 0 Å². The predicted octanol–water partition coefficient (Wildman–Crippen LogP) is 0.894. The van der Waals surface area contributed by atoms with E-state index in [9.17, 15) is 4.79 Å². The van der Waals surface area contributed by atoms with Crippen molar-refractivity contribution in [2.24, 2.45) is 0 Å². The highest BCUT2D eigenvalue weighted by atomic mass is 16.5. The molecule has 0 spiro atoms. The summed E-state index contributed by atoms with van der Waals surface area (Å²) < 4.78 is 10.5. The van der Waals surface area contributed by atoms with Crippen molar-refractivity contribution in [2.75, 3.05) is 20.3 Å². The van der Waals surface area contributed by atoms with Gasteiger partial charge in [0.25, 0.3) is 0 Å². The van der Waals surface area contributed by atoms with Crippen LogP contribution in [-0.2, 0) is 16.0 Å². The van der Waals surface area contributed by atoms with Crippen LogP contribution in [0.25, 0.3) is 0 Å². The maximum absolute atomic E-state index is 11.7. The van der Waals surface area contributed by atoms with Crippen LogP contribution in [-0.4, -0.2) is 43.5 Å². The van der Waals surface area contributed by atoms with Crippen molar-refractivity contribution in [1.29, 1.82) is 0 Å². The van der Waals surface area contributed by atoms with E-state index in [1.165, 1.54) is 7.11 Å². The number of para-hydroxylation sites is 1. The SMILES string of the molecule is COC(=O)C(COc1ccccc1CCO)NC1CC1. The summed E-state index contributed by atoms with van der Waals surface area (Å²) in [6.07, 6.45) is 2.72. The molecule has 5 heteroatoms. The molecule has 1 aliphatic carbocycles. The van der Waals surface area contributed by atoms with Crippen LogP contribution in [0.15, 0.2) is 24.3 Å².